The van der Waals surface area contributed by atoms with Gasteiger partial charge in [0.1, 0.15) is 12.0 Å². The molecular weight excluding hydrogens is 556 g/mol. The number of amides is 2. The van der Waals surface area contributed by atoms with Crippen LogP contribution < -0.4 is 20.9 Å². The molecule has 2 amide bonds. The van der Waals surface area contributed by atoms with Gasteiger partial charge in [0.2, 0.25) is 11.8 Å². The highest BCUT2D eigenvalue weighted by Gasteiger charge is 2.30. The molecule has 4 aliphatic heterocycles. The van der Waals surface area contributed by atoms with E-state index in [1.54, 1.807) is 12.3 Å². The van der Waals surface area contributed by atoms with E-state index in [0.717, 1.165) is 68.6 Å². The van der Waals surface area contributed by atoms with Crippen LogP contribution in [0.4, 0.5) is 11.4 Å². The lowest BCUT2D eigenvalue weighted by atomic mass is 10.1. The van der Waals surface area contributed by atoms with Gasteiger partial charge >= 0.3 is 0 Å². The van der Waals surface area contributed by atoms with E-state index in [0.29, 0.717) is 5.69 Å². The van der Waals surface area contributed by atoms with Crippen molar-refractivity contribution in [3.05, 3.63) is 96.3 Å². The number of likely N-dealkylation sites (N-methyl/N-ethyl adjacent to an activating group) is 1. The highest BCUT2D eigenvalue weighted by atomic mass is 16.5. The number of rotatable bonds is 10. The van der Waals surface area contributed by atoms with Crippen molar-refractivity contribution in [2.24, 2.45) is 0 Å². The Morgan fingerprint density at radius 1 is 1.11 bits per heavy atom. The van der Waals surface area contributed by atoms with Gasteiger partial charge in [0, 0.05) is 62.6 Å². The van der Waals surface area contributed by atoms with Crippen molar-refractivity contribution < 1.29 is 14.3 Å². The first-order chi connectivity index (χ1) is 21.4. The van der Waals surface area contributed by atoms with Gasteiger partial charge in [-0.1, -0.05) is 24.3 Å². The first kappa shape index (κ1) is 29.5. The normalized spacial score (nSPS) is 19.8. The molecular formula is C33H40N8O3. The lowest BCUT2D eigenvalue weighted by Crippen LogP contribution is -2.59. The average molecular weight is 597 g/mol. The SMILES string of the molecule is CN(C)C/C=C/C(=O)NC1CN(c2ccnc(CC(=O)Nc3ccc(C4=CN5C(N6CCOCC6)=CC=CC5N4)cc3)c2)C1. The van der Waals surface area contributed by atoms with E-state index in [4.69, 9.17) is 4.74 Å². The van der Waals surface area contributed by atoms with Gasteiger partial charge in [-0.25, -0.2) is 0 Å². The van der Waals surface area contributed by atoms with Gasteiger partial charge < -0.3 is 40.3 Å². The molecule has 1 unspecified atom stereocenters. The van der Waals surface area contributed by atoms with Gasteiger partial charge in [0.15, 0.2) is 0 Å². The molecule has 0 bridgehead atoms. The Kier molecular flexibility index (Phi) is 8.94. The van der Waals surface area contributed by atoms with Crippen LogP contribution in [0.1, 0.15) is 11.3 Å². The monoisotopic (exact) mass is 596 g/mol. The summed E-state index contributed by atoms with van der Waals surface area (Å²) in [4.78, 5) is 38.2. The molecule has 0 aliphatic carbocycles. The van der Waals surface area contributed by atoms with Gasteiger partial charge in [-0.15, -0.1) is 0 Å². The molecule has 1 aromatic carbocycles. The molecule has 1 atom stereocenters. The molecule has 3 N–H and O–H groups in total. The van der Waals surface area contributed by atoms with E-state index in [2.05, 4.69) is 60.1 Å². The van der Waals surface area contributed by atoms with Crippen molar-refractivity contribution >= 4 is 28.9 Å². The second kappa shape index (κ2) is 13.4. The molecule has 11 heteroatoms. The minimum absolute atomic E-state index is 0.0733. The van der Waals surface area contributed by atoms with Crippen molar-refractivity contribution in [2.75, 3.05) is 70.2 Å². The summed E-state index contributed by atoms with van der Waals surface area (Å²) in [5.41, 5.74) is 4.52. The van der Waals surface area contributed by atoms with E-state index in [9.17, 15) is 9.59 Å². The van der Waals surface area contributed by atoms with Crippen LogP contribution in [-0.2, 0) is 20.7 Å². The molecule has 11 nitrogen and oxygen atoms in total. The van der Waals surface area contributed by atoms with E-state index in [-0.39, 0.29) is 30.4 Å². The number of carbonyl (C=O) groups is 2. The second-order valence-corrected chi connectivity index (χ2v) is 11.6. The predicted molar refractivity (Wildman–Crippen MR) is 171 cm³/mol. The van der Waals surface area contributed by atoms with Crippen LogP contribution in [0.3, 0.4) is 0 Å². The minimum atomic E-state index is -0.124. The summed E-state index contributed by atoms with van der Waals surface area (Å²) in [7, 11) is 3.92. The van der Waals surface area contributed by atoms with Crippen LogP contribution in [0.25, 0.3) is 5.70 Å². The quantitative estimate of drug-likeness (QED) is 0.355. The van der Waals surface area contributed by atoms with E-state index in [1.165, 1.54) is 5.82 Å². The smallest absolute Gasteiger partial charge is 0.244 e. The molecule has 2 fully saturated rings. The zero-order valence-corrected chi connectivity index (χ0v) is 25.3. The first-order valence-electron chi connectivity index (χ1n) is 15.1. The van der Waals surface area contributed by atoms with Crippen molar-refractivity contribution in [1.82, 2.24) is 30.3 Å². The van der Waals surface area contributed by atoms with E-state index >= 15 is 0 Å². The maximum absolute atomic E-state index is 12.9. The van der Waals surface area contributed by atoms with Crippen LogP contribution in [0.2, 0.25) is 0 Å². The number of hydrogen-bond acceptors (Lipinski definition) is 9. The number of pyridine rings is 1. The first-order valence-corrected chi connectivity index (χ1v) is 15.1. The number of benzene rings is 1. The number of allylic oxidation sites excluding steroid dienone is 2. The number of nitrogens with one attached hydrogen (secondary N) is 3. The molecule has 6 rings (SSSR count). The van der Waals surface area contributed by atoms with Crippen molar-refractivity contribution in [1.29, 1.82) is 0 Å². The third-order valence-corrected chi connectivity index (χ3v) is 7.96. The largest absolute Gasteiger partial charge is 0.378 e. The number of carbonyl (C=O) groups excluding carboxylic acids is 2. The summed E-state index contributed by atoms with van der Waals surface area (Å²) >= 11 is 0. The van der Waals surface area contributed by atoms with Crippen LogP contribution in [0, 0.1) is 0 Å². The maximum atomic E-state index is 12.9. The number of fused-ring (bicyclic) bond motifs is 1. The molecule has 44 heavy (non-hydrogen) atoms. The summed E-state index contributed by atoms with van der Waals surface area (Å²) in [6.45, 7) is 5.43. The molecule has 0 radical (unpaired) electrons. The fraction of sp³-hybridized carbons (Fsp3) is 0.364. The number of ether oxygens (including phenoxy) is 1. The van der Waals surface area contributed by atoms with Crippen molar-refractivity contribution in [3.8, 4) is 0 Å². The molecule has 0 spiro atoms. The number of nitrogens with zero attached hydrogens (tertiary/aromatic N) is 5. The summed E-state index contributed by atoms with van der Waals surface area (Å²) in [5, 5.41) is 9.62. The Labute approximate surface area is 258 Å². The summed E-state index contributed by atoms with van der Waals surface area (Å²) in [6.07, 6.45) is 14.0. The molecule has 1 aromatic heterocycles. The Hall–Kier alpha value is -4.61. The Morgan fingerprint density at radius 3 is 2.68 bits per heavy atom. The predicted octanol–water partition coefficient (Wildman–Crippen LogP) is 1.96. The highest BCUT2D eigenvalue weighted by Crippen LogP contribution is 2.29. The third kappa shape index (κ3) is 7.12. The second-order valence-electron chi connectivity index (χ2n) is 11.6. The number of anilines is 2. The zero-order chi connectivity index (χ0) is 30.5. The fourth-order valence-corrected chi connectivity index (χ4v) is 5.65. The van der Waals surface area contributed by atoms with Crippen molar-refractivity contribution in [3.63, 3.8) is 0 Å². The summed E-state index contributed by atoms with van der Waals surface area (Å²) in [6, 6.07) is 11.9. The third-order valence-electron chi connectivity index (χ3n) is 7.96. The summed E-state index contributed by atoms with van der Waals surface area (Å²) < 4.78 is 5.53. The van der Waals surface area contributed by atoms with Gasteiger partial charge in [-0.3, -0.25) is 14.6 Å². The fourth-order valence-electron chi connectivity index (χ4n) is 5.65. The Bertz CT molecular complexity index is 1470. The molecule has 230 valence electrons. The van der Waals surface area contributed by atoms with E-state index in [1.807, 2.05) is 61.5 Å². The zero-order valence-electron chi connectivity index (χ0n) is 25.3. The lowest BCUT2D eigenvalue weighted by Gasteiger charge is -2.41. The van der Waals surface area contributed by atoms with Crippen LogP contribution in [0.5, 0.6) is 0 Å². The van der Waals surface area contributed by atoms with Crippen LogP contribution in [0.15, 0.2) is 85.0 Å². The minimum Gasteiger partial charge on any atom is -0.378 e. The topological polar surface area (TPSA) is 105 Å². The molecule has 2 saturated heterocycles. The molecule has 0 saturated carbocycles. The van der Waals surface area contributed by atoms with Gasteiger partial charge in [0.05, 0.1) is 37.1 Å². The van der Waals surface area contributed by atoms with Crippen LogP contribution >= 0.6 is 0 Å². The lowest BCUT2D eigenvalue weighted by molar-refractivity contribution is -0.117. The molecule has 4 aliphatic rings. The standard InChI is InChI=1S/C33H40N8O3/c1-38(2)14-4-6-31(42)36-27-21-40(22-27)28-12-13-34-26(19-28)20-32(43)35-25-10-8-24(9-11-25)29-23-41-30(37-29)5-3-7-33(41)39-15-17-44-18-16-39/h3-13,19,23,27,30,37H,14-18,20-22H2,1-2H3,(H,35,43)(H,36,42)/b6-4+. The number of morpholine rings is 1. The van der Waals surface area contributed by atoms with Gasteiger partial charge in [-0.2, -0.15) is 0 Å². The highest BCUT2D eigenvalue weighted by molar-refractivity contribution is 5.92. The molecule has 5 heterocycles. The summed E-state index contributed by atoms with van der Waals surface area (Å²) in [5.74, 6) is 0.978. The number of hydrogen-bond donors (Lipinski definition) is 3. The van der Waals surface area contributed by atoms with Crippen LogP contribution in [-0.4, -0.2) is 104 Å². The van der Waals surface area contributed by atoms with E-state index < -0.39 is 0 Å². The Morgan fingerprint density at radius 2 is 1.91 bits per heavy atom. The number of aromatic nitrogens is 1. The van der Waals surface area contributed by atoms with Gasteiger partial charge in [-0.05, 0) is 56.1 Å². The Balaban J connectivity index is 0.990. The average Bonchev–Trinajstić information content (AvgIpc) is 3.44. The maximum Gasteiger partial charge on any atom is 0.244 e. The van der Waals surface area contributed by atoms with Gasteiger partial charge in [0.25, 0.3) is 0 Å². The molecule has 2 aromatic rings. The van der Waals surface area contributed by atoms with Crippen molar-refractivity contribution in [2.45, 2.75) is 18.6 Å².